The van der Waals surface area contributed by atoms with E-state index in [0.29, 0.717) is 11.1 Å². The summed E-state index contributed by atoms with van der Waals surface area (Å²) in [6, 6.07) is 34.8. The van der Waals surface area contributed by atoms with E-state index < -0.39 is 46.9 Å². The summed E-state index contributed by atoms with van der Waals surface area (Å²) in [7, 11) is 0. The van der Waals surface area contributed by atoms with Gasteiger partial charge in [-0.3, -0.25) is 19.2 Å². The molecule has 7 rings (SSSR count). The summed E-state index contributed by atoms with van der Waals surface area (Å²) in [5, 5.41) is 2.39. The Kier molecular flexibility index (Phi) is 8.68. The van der Waals surface area contributed by atoms with E-state index in [1.807, 2.05) is 91.0 Å². The normalized spacial score (nSPS) is 21.1. The van der Waals surface area contributed by atoms with Gasteiger partial charge in [-0.05, 0) is 34.4 Å². The predicted octanol–water partition coefficient (Wildman–Crippen LogP) is 5.07. The Bertz CT molecular complexity index is 1630. The molecule has 3 atom stereocenters. The molecule has 1 N–H and O–H groups in total. The largest absolute Gasteiger partial charge is 0.448 e. The first-order valence-electron chi connectivity index (χ1n) is 14.4. The minimum absolute atomic E-state index is 0.173. The van der Waals surface area contributed by atoms with Gasteiger partial charge in [-0.15, -0.1) is 11.8 Å². The Labute approximate surface area is 264 Å². The molecule has 0 aromatic heterocycles. The van der Waals surface area contributed by atoms with Crippen molar-refractivity contribution in [3.63, 3.8) is 0 Å². The number of hydrogen-bond donors (Lipinski definition) is 1. The van der Waals surface area contributed by atoms with Crippen molar-refractivity contribution in [1.29, 1.82) is 0 Å². The first-order valence-corrected chi connectivity index (χ1v) is 15.3. The molecule has 4 aliphatic rings. The molecular weight excluding hydrogens is 592 g/mol. The molecule has 9 nitrogen and oxygen atoms in total. The van der Waals surface area contributed by atoms with Gasteiger partial charge in [0.2, 0.25) is 5.91 Å². The predicted molar refractivity (Wildman–Crippen MR) is 166 cm³/mol. The third kappa shape index (κ3) is 6.20. The summed E-state index contributed by atoms with van der Waals surface area (Å²) in [4.78, 5) is 58.6. The molecule has 3 aromatic carbocycles. The van der Waals surface area contributed by atoms with Crippen LogP contribution >= 0.6 is 11.8 Å². The Hall–Kier alpha value is -4.93. The SMILES string of the molecule is CC(=O)N[C@H]1CON(C2(C(=O)OC(c3ccccc3)c3ccccc3)OC(=O)CC2Sc2ccccc2)C1=O.c1cc2ccc1-2. The van der Waals surface area contributed by atoms with Crippen molar-refractivity contribution >= 4 is 35.5 Å². The fraction of sp³-hybridized carbons (Fsp3) is 0.200. The van der Waals surface area contributed by atoms with Crippen molar-refractivity contribution in [1.82, 2.24) is 10.4 Å². The lowest BCUT2D eigenvalue weighted by molar-refractivity contribution is -0.259. The number of hydrogen-bond acceptors (Lipinski definition) is 8. The van der Waals surface area contributed by atoms with E-state index in [2.05, 4.69) is 29.6 Å². The molecule has 0 radical (unpaired) electrons. The Morgan fingerprint density at radius 3 is 1.87 bits per heavy atom. The average Bonchev–Trinajstić information content (AvgIpc) is 3.57. The zero-order valence-electron chi connectivity index (χ0n) is 24.3. The van der Waals surface area contributed by atoms with Crippen LogP contribution in [0.25, 0.3) is 11.1 Å². The third-order valence-corrected chi connectivity index (χ3v) is 8.88. The quantitative estimate of drug-likeness (QED) is 0.239. The number of hydroxylamine groups is 2. The minimum Gasteiger partial charge on any atom is -0.448 e. The zero-order chi connectivity index (χ0) is 31.4. The van der Waals surface area contributed by atoms with E-state index in [-0.39, 0.29) is 13.0 Å². The lowest BCUT2D eigenvalue weighted by atomic mass is 9.95. The van der Waals surface area contributed by atoms with E-state index in [9.17, 15) is 19.2 Å². The van der Waals surface area contributed by atoms with Gasteiger partial charge >= 0.3 is 17.7 Å². The molecule has 3 aromatic rings. The fourth-order valence-corrected chi connectivity index (χ4v) is 6.52. The maximum atomic E-state index is 14.3. The summed E-state index contributed by atoms with van der Waals surface area (Å²) in [5.74, 6) is -2.80. The number of amides is 2. The second kappa shape index (κ2) is 13.0. The number of benzene rings is 4. The van der Waals surface area contributed by atoms with Crippen molar-refractivity contribution in [2.75, 3.05) is 6.61 Å². The van der Waals surface area contributed by atoms with Crippen LogP contribution in [0.5, 0.6) is 0 Å². The van der Waals surface area contributed by atoms with Gasteiger partial charge in [-0.1, -0.05) is 103 Å². The number of esters is 2. The molecule has 2 aliphatic carbocycles. The maximum Gasteiger partial charge on any atom is 0.377 e. The highest BCUT2D eigenvalue weighted by molar-refractivity contribution is 8.00. The number of cyclic esters (lactones) is 1. The highest BCUT2D eigenvalue weighted by Crippen LogP contribution is 2.45. The number of nitrogens with zero attached hydrogens (tertiary/aromatic N) is 1. The van der Waals surface area contributed by atoms with E-state index in [4.69, 9.17) is 14.3 Å². The summed E-state index contributed by atoms with van der Waals surface area (Å²) in [5.41, 5.74) is 2.00. The van der Waals surface area contributed by atoms with Gasteiger partial charge in [0, 0.05) is 11.8 Å². The lowest BCUT2D eigenvalue weighted by Gasteiger charge is -2.37. The highest BCUT2D eigenvalue weighted by atomic mass is 32.2. The first-order chi connectivity index (χ1) is 21.8. The molecule has 2 saturated heterocycles. The van der Waals surface area contributed by atoms with Gasteiger partial charge in [0.15, 0.2) is 6.10 Å². The van der Waals surface area contributed by atoms with E-state index in [1.54, 1.807) is 0 Å². The molecule has 2 amide bonds. The standard InChI is InChI=1S/C29H26N2O7S.C6H4/c1-19(32)30-23-18-36-31(27(23)34)29(24(17-25(33)38-29)39-22-15-9-4-10-16-22)28(35)37-26(20-11-5-2-6-12-20)21-13-7-3-8-14-21;1-2-6-4-3-5(1)6/h2-16,23-24,26H,17-18H2,1H3,(H,30,32);1-4H/t23-,24?,29?;/m0./s1. The molecule has 10 heteroatoms. The number of thioether (sulfide) groups is 1. The molecule has 2 aliphatic heterocycles. The molecule has 0 saturated carbocycles. The number of rotatable bonds is 8. The summed E-state index contributed by atoms with van der Waals surface area (Å²) in [6.07, 6.45) is -1.03. The van der Waals surface area contributed by atoms with Gasteiger partial charge < -0.3 is 14.8 Å². The van der Waals surface area contributed by atoms with Crippen LogP contribution in [0.2, 0.25) is 0 Å². The van der Waals surface area contributed by atoms with E-state index in [0.717, 1.165) is 9.96 Å². The fourth-order valence-electron chi connectivity index (χ4n) is 5.26. The number of carbonyl (C=O) groups excluding carboxylic acids is 4. The lowest BCUT2D eigenvalue weighted by Crippen LogP contribution is -2.62. The van der Waals surface area contributed by atoms with Crippen molar-refractivity contribution in [3.8, 4) is 11.1 Å². The third-order valence-electron chi connectivity index (χ3n) is 7.57. The van der Waals surface area contributed by atoms with Crippen molar-refractivity contribution in [3.05, 3.63) is 126 Å². The molecule has 2 fully saturated rings. The molecule has 2 unspecified atom stereocenters. The van der Waals surface area contributed by atoms with Crippen molar-refractivity contribution < 1.29 is 33.5 Å². The van der Waals surface area contributed by atoms with Crippen LogP contribution in [0.4, 0.5) is 0 Å². The molecule has 0 bridgehead atoms. The smallest absolute Gasteiger partial charge is 0.377 e. The molecule has 0 spiro atoms. The zero-order valence-corrected chi connectivity index (χ0v) is 25.1. The summed E-state index contributed by atoms with van der Waals surface area (Å²) in [6.45, 7) is 1.04. The number of carbonyl (C=O) groups is 4. The average molecular weight is 623 g/mol. The highest BCUT2D eigenvalue weighted by Gasteiger charge is 2.66. The molecule has 2 heterocycles. The number of nitrogens with one attached hydrogen (secondary N) is 1. The van der Waals surface area contributed by atoms with Crippen LogP contribution in [0.1, 0.15) is 30.6 Å². The van der Waals surface area contributed by atoms with Crippen LogP contribution in [0.3, 0.4) is 0 Å². The Morgan fingerprint density at radius 1 is 0.844 bits per heavy atom. The number of fused-ring (bicyclic) bond motifs is 1. The van der Waals surface area contributed by atoms with Gasteiger partial charge in [-0.2, -0.15) is 5.06 Å². The number of ether oxygens (including phenoxy) is 2. The van der Waals surface area contributed by atoms with Crippen LogP contribution in [0, 0.1) is 0 Å². The van der Waals surface area contributed by atoms with Gasteiger partial charge in [0.25, 0.3) is 5.91 Å². The monoisotopic (exact) mass is 622 g/mol. The van der Waals surface area contributed by atoms with Crippen LogP contribution in [0.15, 0.2) is 120 Å². The van der Waals surface area contributed by atoms with Gasteiger partial charge in [0.05, 0.1) is 11.7 Å². The van der Waals surface area contributed by atoms with E-state index >= 15 is 0 Å². The van der Waals surface area contributed by atoms with Crippen molar-refractivity contribution in [2.24, 2.45) is 0 Å². The summed E-state index contributed by atoms with van der Waals surface area (Å²) >= 11 is 1.21. The van der Waals surface area contributed by atoms with Gasteiger partial charge in [0.1, 0.15) is 12.6 Å². The first kappa shape index (κ1) is 30.1. The van der Waals surface area contributed by atoms with Crippen LogP contribution in [-0.2, 0) is 33.5 Å². The minimum atomic E-state index is -2.23. The van der Waals surface area contributed by atoms with Gasteiger partial charge in [-0.25, -0.2) is 4.79 Å². The Morgan fingerprint density at radius 2 is 1.38 bits per heavy atom. The van der Waals surface area contributed by atoms with Crippen LogP contribution < -0.4 is 5.32 Å². The second-order valence-corrected chi connectivity index (χ2v) is 11.9. The summed E-state index contributed by atoms with van der Waals surface area (Å²) < 4.78 is 11.8. The molecular formula is C35H30N2O7S. The van der Waals surface area contributed by atoms with Crippen molar-refractivity contribution in [2.45, 2.75) is 41.4 Å². The molecule has 45 heavy (non-hydrogen) atoms. The van der Waals surface area contributed by atoms with E-state index in [1.165, 1.54) is 29.8 Å². The second-order valence-electron chi connectivity index (χ2n) is 10.7. The topological polar surface area (TPSA) is 111 Å². The van der Waals surface area contributed by atoms with Crippen LogP contribution in [-0.4, -0.2) is 52.4 Å². The molecule has 228 valence electrons. The Balaban J connectivity index is 0.000000525. The maximum absolute atomic E-state index is 14.3.